The van der Waals surface area contributed by atoms with E-state index in [0.29, 0.717) is 19.5 Å². The van der Waals surface area contributed by atoms with Gasteiger partial charge >= 0.3 is 12.0 Å². The second kappa shape index (κ2) is 7.79. The van der Waals surface area contributed by atoms with Crippen LogP contribution in [0.3, 0.4) is 0 Å². The quantitative estimate of drug-likeness (QED) is 0.798. The number of primary amides is 1. The number of ether oxygens (including phenoxy) is 1. The minimum Gasteiger partial charge on any atom is -0.469 e. The molecule has 6 nitrogen and oxygen atoms in total. The molecule has 1 aromatic rings. The third-order valence-corrected chi connectivity index (χ3v) is 3.97. The largest absolute Gasteiger partial charge is 0.469 e. The number of amides is 2. The average Bonchev–Trinajstić information content (AvgIpc) is 2.53. The van der Waals surface area contributed by atoms with Crippen LogP contribution in [0.2, 0.25) is 0 Å². The number of methoxy groups -OCH3 is 1. The lowest BCUT2D eigenvalue weighted by Gasteiger charge is -2.37. The van der Waals surface area contributed by atoms with Crippen molar-refractivity contribution >= 4 is 12.0 Å². The molecule has 3 N–H and O–H groups in total. The van der Waals surface area contributed by atoms with Crippen molar-refractivity contribution in [1.82, 2.24) is 10.2 Å². The minimum atomic E-state index is -0.443. The summed E-state index contributed by atoms with van der Waals surface area (Å²) in [5.41, 5.74) is 6.59. The van der Waals surface area contributed by atoms with Gasteiger partial charge in [0.25, 0.3) is 0 Å². The first-order valence-corrected chi connectivity index (χ1v) is 7.47. The first kappa shape index (κ1) is 16.3. The summed E-state index contributed by atoms with van der Waals surface area (Å²) in [6.45, 7) is 1.80. The van der Waals surface area contributed by atoms with Crippen LogP contribution in [0.4, 0.5) is 4.79 Å². The number of piperidine rings is 1. The lowest BCUT2D eigenvalue weighted by Crippen LogP contribution is -2.53. The number of hydrogen-bond acceptors (Lipinski definition) is 4. The Labute approximate surface area is 130 Å². The molecule has 0 saturated carbocycles. The summed E-state index contributed by atoms with van der Waals surface area (Å²) in [7, 11) is 1.38. The van der Waals surface area contributed by atoms with Crippen molar-refractivity contribution in [2.75, 3.05) is 20.2 Å². The second-order valence-electron chi connectivity index (χ2n) is 5.69. The van der Waals surface area contributed by atoms with Crippen LogP contribution in [0, 0.1) is 5.92 Å². The van der Waals surface area contributed by atoms with Gasteiger partial charge in [0.2, 0.25) is 0 Å². The van der Waals surface area contributed by atoms with Crippen LogP contribution in [-0.2, 0) is 16.1 Å². The molecule has 0 radical (unpaired) electrons. The molecule has 2 atom stereocenters. The van der Waals surface area contributed by atoms with Gasteiger partial charge in [-0.15, -0.1) is 0 Å². The number of nitrogens with one attached hydrogen (secondary N) is 1. The zero-order chi connectivity index (χ0) is 15.9. The Hall–Kier alpha value is -2.08. The number of carbonyl (C=O) groups is 2. The van der Waals surface area contributed by atoms with Crippen LogP contribution in [0.15, 0.2) is 30.3 Å². The van der Waals surface area contributed by atoms with Gasteiger partial charge in [0.15, 0.2) is 0 Å². The van der Waals surface area contributed by atoms with Gasteiger partial charge in [-0.25, -0.2) is 4.79 Å². The fourth-order valence-corrected chi connectivity index (χ4v) is 2.86. The van der Waals surface area contributed by atoms with E-state index in [4.69, 9.17) is 10.5 Å². The minimum absolute atomic E-state index is 0.0713. The molecule has 0 spiro atoms. The topological polar surface area (TPSA) is 84.7 Å². The van der Waals surface area contributed by atoms with Gasteiger partial charge in [-0.3, -0.25) is 4.79 Å². The van der Waals surface area contributed by atoms with E-state index in [0.717, 1.165) is 13.0 Å². The van der Waals surface area contributed by atoms with E-state index >= 15 is 0 Å². The summed E-state index contributed by atoms with van der Waals surface area (Å²) < 4.78 is 4.72. The third-order valence-electron chi connectivity index (χ3n) is 3.97. The molecular weight excluding hydrogens is 282 g/mol. The Morgan fingerprint density at radius 1 is 1.32 bits per heavy atom. The number of urea groups is 1. The van der Waals surface area contributed by atoms with E-state index < -0.39 is 6.03 Å². The van der Waals surface area contributed by atoms with Gasteiger partial charge in [0.1, 0.15) is 0 Å². The Morgan fingerprint density at radius 3 is 2.68 bits per heavy atom. The lowest BCUT2D eigenvalue weighted by atomic mass is 9.91. The van der Waals surface area contributed by atoms with Gasteiger partial charge in [-0.05, 0) is 17.9 Å². The maximum Gasteiger partial charge on any atom is 0.314 e. The molecule has 2 rings (SSSR count). The molecule has 2 unspecified atom stereocenters. The Balaban J connectivity index is 1.93. The number of esters is 1. The number of hydrogen-bond donors (Lipinski definition) is 2. The van der Waals surface area contributed by atoms with Crippen LogP contribution in [0.5, 0.6) is 0 Å². The van der Waals surface area contributed by atoms with Crippen molar-refractivity contribution in [3.63, 3.8) is 0 Å². The summed E-state index contributed by atoms with van der Waals surface area (Å²) >= 11 is 0. The summed E-state index contributed by atoms with van der Waals surface area (Å²) in [6.07, 6.45) is 1.13. The maximum absolute atomic E-state index is 11.5. The summed E-state index contributed by atoms with van der Waals surface area (Å²) in [4.78, 5) is 24.5. The van der Waals surface area contributed by atoms with E-state index in [1.54, 1.807) is 4.90 Å². The van der Waals surface area contributed by atoms with Crippen LogP contribution < -0.4 is 11.1 Å². The predicted molar refractivity (Wildman–Crippen MR) is 83.0 cm³/mol. The fraction of sp³-hybridized carbons (Fsp3) is 0.500. The molecule has 0 bridgehead atoms. The highest BCUT2D eigenvalue weighted by atomic mass is 16.5. The highest BCUT2D eigenvalue weighted by Crippen LogP contribution is 2.21. The van der Waals surface area contributed by atoms with Crippen molar-refractivity contribution in [3.8, 4) is 0 Å². The number of nitrogens with zero attached hydrogens (tertiary/aromatic N) is 1. The standard InChI is InChI=1S/C16H23N3O3/c1-22-15(20)8-13-7-14(11-19(10-13)16(17)21)18-9-12-5-3-2-4-6-12/h2-6,13-14,18H,7-11H2,1H3,(H2,17,21). The number of rotatable bonds is 5. The molecule has 0 aliphatic carbocycles. The molecule has 1 aliphatic rings. The van der Waals surface area contributed by atoms with Crippen molar-refractivity contribution in [2.24, 2.45) is 11.7 Å². The number of nitrogens with two attached hydrogens (primary N) is 1. The molecule has 2 amide bonds. The number of benzene rings is 1. The number of carbonyl (C=O) groups excluding carboxylic acids is 2. The van der Waals surface area contributed by atoms with Gasteiger partial charge in [0, 0.05) is 25.7 Å². The molecule has 1 saturated heterocycles. The van der Waals surface area contributed by atoms with Crippen LogP contribution >= 0.6 is 0 Å². The van der Waals surface area contributed by atoms with Gasteiger partial charge in [-0.2, -0.15) is 0 Å². The Bertz CT molecular complexity index is 507. The summed E-state index contributed by atoms with van der Waals surface area (Å²) in [5, 5.41) is 3.44. The van der Waals surface area contributed by atoms with Crippen molar-refractivity contribution in [2.45, 2.75) is 25.4 Å². The summed E-state index contributed by atoms with van der Waals surface area (Å²) in [5.74, 6) is -0.180. The van der Waals surface area contributed by atoms with Crippen LogP contribution in [-0.4, -0.2) is 43.1 Å². The SMILES string of the molecule is COC(=O)CC1CC(NCc2ccccc2)CN(C(N)=O)C1. The molecule has 6 heteroatoms. The molecule has 120 valence electrons. The molecular formula is C16H23N3O3. The predicted octanol–water partition coefficient (Wildman–Crippen LogP) is 1.11. The zero-order valence-electron chi connectivity index (χ0n) is 12.8. The normalized spacial score (nSPS) is 21.4. The van der Waals surface area contributed by atoms with E-state index in [1.165, 1.54) is 12.7 Å². The molecule has 1 aliphatic heterocycles. The lowest BCUT2D eigenvalue weighted by molar-refractivity contribution is -0.142. The molecule has 1 heterocycles. The molecule has 22 heavy (non-hydrogen) atoms. The second-order valence-corrected chi connectivity index (χ2v) is 5.69. The van der Waals surface area contributed by atoms with Crippen molar-refractivity contribution < 1.29 is 14.3 Å². The first-order valence-electron chi connectivity index (χ1n) is 7.47. The average molecular weight is 305 g/mol. The van der Waals surface area contributed by atoms with Gasteiger partial charge < -0.3 is 20.7 Å². The van der Waals surface area contributed by atoms with Crippen molar-refractivity contribution in [3.05, 3.63) is 35.9 Å². The highest BCUT2D eigenvalue weighted by Gasteiger charge is 2.30. The maximum atomic E-state index is 11.5. The van der Waals surface area contributed by atoms with E-state index in [-0.39, 0.29) is 17.9 Å². The van der Waals surface area contributed by atoms with Gasteiger partial charge in [-0.1, -0.05) is 30.3 Å². The Kier molecular flexibility index (Phi) is 5.77. The van der Waals surface area contributed by atoms with E-state index in [2.05, 4.69) is 5.32 Å². The third kappa shape index (κ3) is 4.73. The zero-order valence-corrected chi connectivity index (χ0v) is 12.8. The summed E-state index contributed by atoms with van der Waals surface area (Å²) in [6, 6.07) is 9.74. The highest BCUT2D eigenvalue weighted by molar-refractivity contribution is 5.73. The first-order chi connectivity index (χ1) is 10.6. The molecule has 1 aromatic carbocycles. The smallest absolute Gasteiger partial charge is 0.314 e. The fourth-order valence-electron chi connectivity index (χ4n) is 2.86. The van der Waals surface area contributed by atoms with Crippen LogP contribution in [0.1, 0.15) is 18.4 Å². The van der Waals surface area contributed by atoms with E-state index in [9.17, 15) is 9.59 Å². The van der Waals surface area contributed by atoms with E-state index in [1.807, 2.05) is 30.3 Å². The molecule has 1 fully saturated rings. The monoisotopic (exact) mass is 305 g/mol. The van der Waals surface area contributed by atoms with Crippen LogP contribution in [0.25, 0.3) is 0 Å². The van der Waals surface area contributed by atoms with Gasteiger partial charge in [0.05, 0.1) is 13.5 Å². The Morgan fingerprint density at radius 2 is 2.05 bits per heavy atom. The molecule has 0 aromatic heterocycles. The number of likely N-dealkylation sites (tertiary alicyclic amines) is 1. The van der Waals surface area contributed by atoms with Crippen molar-refractivity contribution in [1.29, 1.82) is 0 Å².